The third-order valence-electron chi connectivity index (χ3n) is 2.61. The number of benzene rings is 2. The average Bonchev–Trinajstić information content (AvgIpc) is 2.48. The second-order valence-electron chi connectivity index (χ2n) is 4.04. The summed E-state index contributed by atoms with van der Waals surface area (Å²) in [5.74, 6) is 0. The van der Waals surface area contributed by atoms with Crippen molar-refractivity contribution in [2.24, 2.45) is 0 Å². The van der Waals surface area contributed by atoms with Gasteiger partial charge in [-0.2, -0.15) is 0 Å². The highest BCUT2D eigenvalue weighted by Gasteiger charge is 2.43. The maximum Gasteiger partial charge on any atom is 0.503 e. The molecule has 0 atom stereocenters. The van der Waals surface area contributed by atoms with E-state index < -0.39 is 16.8 Å². The fraction of sp³-hybridized carbons (Fsp3) is 0.0714. The van der Waals surface area contributed by atoms with Crippen LogP contribution in [0, 0.1) is 0 Å². The molecule has 0 unspecified atom stereocenters. The van der Waals surface area contributed by atoms with E-state index in [1.54, 1.807) is 36.4 Å². The largest absolute Gasteiger partial charge is 0.503 e. The number of para-hydroxylation sites is 2. The van der Waals surface area contributed by atoms with Crippen molar-refractivity contribution in [2.45, 2.75) is 6.30 Å². The van der Waals surface area contributed by atoms with Crippen molar-refractivity contribution >= 4 is 29.2 Å². The summed E-state index contributed by atoms with van der Waals surface area (Å²) in [7, 11) is 0. The monoisotopic (exact) mass is 314 g/mol. The topological polar surface area (TPSA) is 23.6 Å². The first kappa shape index (κ1) is 15.2. The quantitative estimate of drug-likeness (QED) is 0.570. The number of nitrogens with zero attached hydrogens (tertiary/aromatic N) is 2. The minimum atomic E-state index is -4.97. The van der Waals surface area contributed by atoms with Crippen LogP contribution < -0.4 is 4.90 Å². The zero-order valence-corrected chi connectivity index (χ0v) is 11.3. The van der Waals surface area contributed by atoms with Gasteiger partial charge in [-0.15, -0.1) is 17.6 Å². The van der Waals surface area contributed by atoms with Crippen molar-refractivity contribution in [3.05, 3.63) is 60.7 Å². The number of alkyl halides is 3. The van der Waals surface area contributed by atoms with Crippen LogP contribution in [-0.4, -0.2) is 16.8 Å². The first-order valence-corrected chi connectivity index (χ1v) is 6.22. The first-order chi connectivity index (χ1) is 9.91. The Morgan fingerprint density at radius 3 is 1.57 bits per heavy atom. The molecule has 0 aliphatic carbocycles. The summed E-state index contributed by atoms with van der Waals surface area (Å²) in [6.07, 6.45) is -4.97. The van der Waals surface area contributed by atoms with E-state index in [9.17, 15) is 18.0 Å². The molecular formula is C14H10ClF3N2O. The van der Waals surface area contributed by atoms with E-state index in [1.807, 2.05) is 0 Å². The molecule has 21 heavy (non-hydrogen) atoms. The van der Waals surface area contributed by atoms with E-state index in [0.717, 1.165) is 4.90 Å². The summed E-state index contributed by atoms with van der Waals surface area (Å²) in [5.41, 5.74) is 0.562. The molecule has 0 saturated carbocycles. The Bertz CT molecular complexity index is 565. The van der Waals surface area contributed by atoms with E-state index >= 15 is 0 Å². The van der Waals surface area contributed by atoms with Crippen molar-refractivity contribution in [2.75, 3.05) is 4.90 Å². The minimum Gasteiger partial charge on any atom is -0.262 e. The van der Waals surface area contributed by atoms with Crippen molar-refractivity contribution in [3.63, 3.8) is 0 Å². The van der Waals surface area contributed by atoms with E-state index in [2.05, 4.69) is 0 Å². The average molecular weight is 315 g/mol. The van der Waals surface area contributed by atoms with Gasteiger partial charge in [0.15, 0.2) is 0 Å². The van der Waals surface area contributed by atoms with Gasteiger partial charge in [0.25, 0.3) is 0 Å². The molecule has 0 spiro atoms. The number of carbonyl (C=O) groups is 1. The van der Waals surface area contributed by atoms with Gasteiger partial charge in [-0.05, 0) is 24.3 Å². The number of amides is 2. The number of urea groups is 1. The van der Waals surface area contributed by atoms with E-state index in [-0.39, 0.29) is 11.4 Å². The highest BCUT2D eigenvalue weighted by molar-refractivity contribution is 6.24. The number of halogens is 4. The van der Waals surface area contributed by atoms with Gasteiger partial charge < -0.3 is 0 Å². The normalized spacial score (nSPS) is 11.0. The Balaban J connectivity index is 2.45. The molecule has 0 aromatic heterocycles. The molecule has 0 saturated heterocycles. The summed E-state index contributed by atoms with van der Waals surface area (Å²) >= 11 is 5.12. The molecule has 0 bridgehead atoms. The van der Waals surface area contributed by atoms with Crippen LogP contribution in [0.2, 0.25) is 0 Å². The molecule has 7 heteroatoms. The zero-order valence-electron chi connectivity index (χ0n) is 10.6. The summed E-state index contributed by atoms with van der Waals surface area (Å²) < 4.78 is 37.1. The molecule has 0 aliphatic rings. The van der Waals surface area contributed by atoms with E-state index in [4.69, 9.17) is 11.8 Å². The fourth-order valence-corrected chi connectivity index (χ4v) is 1.80. The maximum absolute atomic E-state index is 12.6. The molecule has 0 radical (unpaired) electrons. The van der Waals surface area contributed by atoms with Crippen molar-refractivity contribution in [1.29, 1.82) is 0 Å². The van der Waals surface area contributed by atoms with Gasteiger partial charge >= 0.3 is 12.3 Å². The number of rotatable bonds is 2. The van der Waals surface area contributed by atoms with Crippen LogP contribution in [0.3, 0.4) is 0 Å². The van der Waals surface area contributed by atoms with Gasteiger partial charge in [0.2, 0.25) is 0 Å². The predicted octanol–water partition coefficient (Wildman–Crippen LogP) is 4.92. The van der Waals surface area contributed by atoms with Gasteiger partial charge in [0.05, 0.1) is 11.4 Å². The summed E-state index contributed by atoms with van der Waals surface area (Å²) in [4.78, 5) is 13.0. The molecule has 0 N–H and O–H groups in total. The summed E-state index contributed by atoms with van der Waals surface area (Å²) in [5, 5.41) is 0. The standard InChI is InChI=1S/C14H10ClF3N2O/c15-20(14(16,17)18)13(21)19(11-7-3-1-4-8-11)12-9-5-2-6-10-12/h1-10H. The summed E-state index contributed by atoms with van der Waals surface area (Å²) in [6, 6.07) is 14.5. The van der Waals surface area contributed by atoms with Crippen LogP contribution in [0.25, 0.3) is 0 Å². The van der Waals surface area contributed by atoms with Crippen LogP contribution in [-0.2, 0) is 0 Å². The highest BCUT2D eigenvalue weighted by atomic mass is 35.5. The van der Waals surface area contributed by atoms with Gasteiger partial charge in [-0.3, -0.25) is 4.90 Å². The molecule has 2 aromatic carbocycles. The Morgan fingerprint density at radius 2 is 1.24 bits per heavy atom. The predicted molar refractivity (Wildman–Crippen MR) is 74.2 cm³/mol. The molecule has 2 rings (SSSR count). The Kier molecular flexibility index (Phi) is 4.37. The molecule has 110 valence electrons. The van der Waals surface area contributed by atoms with Gasteiger partial charge in [0.1, 0.15) is 0 Å². The van der Waals surface area contributed by atoms with Gasteiger partial charge in [0, 0.05) is 11.8 Å². The van der Waals surface area contributed by atoms with Crippen LogP contribution in [0.1, 0.15) is 0 Å². The Hall–Kier alpha value is -2.21. The van der Waals surface area contributed by atoms with Crippen molar-refractivity contribution in [1.82, 2.24) is 4.42 Å². The van der Waals surface area contributed by atoms with Crippen molar-refractivity contribution in [3.8, 4) is 0 Å². The number of hydrogen-bond donors (Lipinski definition) is 0. The van der Waals surface area contributed by atoms with E-state index in [1.165, 1.54) is 24.3 Å². The number of carbonyl (C=O) groups excluding carboxylic acids is 1. The third kappa shape index (κ3) is 3.46. The first-order valence-electron chi connectivity index (χ1n) is 5.88. The number of anilines is 2. The van der Waals surface area contributed by atoms with Crippen LogP contribution in [0.4, 0.5) is 29.3 Å². The maximum atomic E-state index is 12.6. The van der Waals surface area contributed by atoms with Gasteiger partial charge in [-0.25, -0.2) is 4.79 Å². The molecular weight excluding hydrogens is 305 g/mol. The summed E-state index contributed by atoms with van der Waals surface area (Å²) in [6.45, 7) is 0. The second-order valence-corrected chi connectivity index (χ2v) is 4.38. The lowest BCUT2D eigenvalue weighted by atomic mass is 10.2. The molecule has 2 aromatic rings. The Labute approximate surface area is 124 Å². The zero-order chi connectivity index (χ0) is 15.5. The highest BCUT2D eigenvalue weighted by Crippen LogP contribution is 2.31. The molecule has 3 nitrogen and oxygen atoms in total. The van der Waals surface area contributed by atoms with Gasteiger partial charge in [-0.1, -0.05) is 36.4 Å². The lowest BCUT2D eigenvalue weighted by Crippen LogP contribution is -2.42. The van der Waals surface area contributed by atoms with E-state index in [0.29, 0.717) is 0 Å². The molecule has 0 heterocycles. The number of hydrogen-bond acceptors (Lipinski definition) is 1. The Morgan fingerprint density at radius 1 is 0.857 bits per heavy atom. The fourth-order valence-electron chi connectivity index (χ4n) is 1.72. The molecule has 0 aliphatic heterocycles. The van der Waals surface area contributed by atoms with Crippen LogP contribution in [0.15, 0.2) is 60.7 Å². The van der Waals surface area contributed by atoms with Crippen LogP contribution in [0.5, 0.6) is 0 Å². The second kappa shape index (κ2) is 6.05. The minimum absolute atomic E-state index is 0.281. The lowest BCUT2D eigenvalue weighted by molar-refractivity contribution is -0.192. The van der Waals surface area contributed by atoms with Crippen molar-refractivity contribution < 1.29 is 18.0 Å². The smallest absolute Gasteiger partial charge is 0.262 e. The molecule has 0 fully saturated rings. The SMILES string of the molecule is O=C(N(c1ccccc1)c1ccccc1)N(Cl)C(F)(F)F. The van der Waals surface area contributed by atoms with Crippen LogP contribution >= 0.6 is 11.8 Å². The molecule has 2 amide bonds. The third-order valence-corrected chi connectivity index (χ3v) is 2.95. The lowest BCUT2D eigenvalue weighted by Gasteiger charge is -2.27.